The van der Waals surface area contributed by atoms with Crippen LogP contribution in [0.1, 0.15) is 22.7 Å². The number of Topliss-reactive ketones (excluding diaryl/α,β-unsaturated/α-hetero) is 1. The van der Waals surface area contributed by atoms with Crippen molar-refractivity contribution in [3.05, 3.63) is 89.3 Å². The highest BCUT2D eigenvalue weighted by atomic mass is 16.5. The highest BCUT2D eigenvalue weighted by Gasteiger charge is 2.46. The van der Waals surface area contributed by atoms with Gasteiger partial charge in [-0.05, 0) is 47.5 Å². The predicted molar refractivity (Wildman–Crippen MR) is 132 cm³/mol. The summed E-state index contributed by atoms with van der Waals surface area (Å²) in [5, 5.41) is 11.5. The molecule has 35 heavy (non-hydrogen) atoms. The molecule has 4 rings (SSSR count). The van der Waals surface area contributed by atoms with Gasteiger partial charge < -0.3 is 24.4 Å². The summed E-state index contributed by atoms with van der Waals surface area (Å²) in [5.74, 6) is -1.17. The summed E-state index contributed by atoms with van der Waals surface area (Å²) in [6.07, 6.45) is 3.26. The molecule has 8 heteroatoms. The standard InChI is InChI=1S/C27H27N3O5/c1-29(2)19-10-8-18(9-11-19)24-23(25(31)22-20(34-3)6-5-7-21(22)35-4)26(32)27(33)30(24)16-17-12-14-28-15-13-17/h5-15,24,31H,16H2,1-4H3/b25-23+. The molecule has 0 spiro atoms. The van der Waals surface area contributed by atoms with Crippen LogP contribution in [0, 0.1) is 0 Å². The summed E-state index contributed by atoms with van der Waals surface area (Å²) in [5.41, 5.74) is 2.66. The van der Waals surface area contributed by atoms with Gasteiger partial charge in [0.15, 0.2) is 0 Å². The van der Waals surface area contributed by atoms with Crippen molar-refractivity contribution in [3.8, 4) is 11.5 Å². The number of aliphatic hydroxyl groups excluding tert-OH is 1. The van der Waals surface area contributed by atoms with E-state index in [1.807, 2.05) is 43.3 Å². The van der Waals surface area contributed by atoms with E-state index >= 15 is 0 Å². The van der Waals surface area contributed by atoms with Gasteiger partial charge in [-0.3, -0.25) is 14.6 Å². The number of benzene rings is 2. The molecule has 3 aromatic rings. The van der Waals surface area contributed by atoms with Crippen LogP contribution in [0.4, 0.5) is 5.69 Å². The topological polar surface area (TPSA) is 92.2 Å². The van der Waals surface area contributed by atoms with Crippen molar-refractivity contribution >= 4 is 23.1 Å². The maximum absolute atomic E-state index is 13.4. The summed E-state index contributed by atoms with van der Waals surface area (Å²) in [7, 11) is 6.78. The second-order valence-electron chi connectivity index (χ2n) is 8.31. The zero-order valence-corrected chi connectivity index (χ0v) is 20.1. The number of aromatic nitrogens is 1. The van der Waals surface area contributed by atoms with E-state index in [2.05, 4.69) is 4.98 Å². The molecule has 1 saturated heterocycles. The lowest BCUT2D eigenvalue weighted by Gasteiger charge is -2.26. The Bertz CT molecular complexity index is 1250. The third kappa shape index (κ3) is 4.42. The van der Waals surface area contributed by atoms with Crippen LogP contribution < -0.4 is 14.4 Å². The summed E-state index contributed by atoms with van der Waals surface area (Å²) in [4.78, 5) is 34.1. The zero-order valence-electron chi connectivity index (χ0n) is 20.1. The lowest BCUT2D eigenvalue weighted by molar-refractivity contribution is -0.140. The lowest BCUT2D eigenvalue weighted by atomic mass is 9.94. The molecule has 180 valence electrons. The van der Waals surface area contributed by atoms with Crippen molar-refractivity contribution in [2.45, 2.75) is 12.6 Å². The van der Waals surface area contributed by atoms with E-state index in [0.717, 1.165) is 11.3 Å². The summed E-state index contributed by atoms with van der Waals surface area (Å²) in [6, 6.07) is 15.3. The first-order valence-corrected chi connectivity index (χ1v) is 11.0. The molecule has 1 N–H and O–H groups in total. The minimum atomic E-state index is -0.811. The SMILES string of the molecule is COc1cccc(OC)c1/C(O)=C1\C(=O)C(=O)N(Cc2ccncc2)C1c1ccc(N(C)C)cc1. The van der Waals surface area contributed by atoms with Crippen molar-refractivity contribution in [1.29, 1.82) is 0 Å². The first-order chi connectivity index (χ1) is 16.9. The number of nitrogens with zero attached hydrogens (tertiary/aromatic N) is 3. The van der Waals surface area contributed by atoms with Crippen LogP contribution in [0.3, 0.4) is 0 Å². The average Bonchev–Trinajstić information content (AvgIpc) is 3.13. The number of pyridine rings is 1. The van der Waals surface area contributed by atoms with Gasteiger partial charge in [0.1, 0.15) is 22.8 Å². The van der Waals surface area contributed by atoms with Gasteiger partial charge >= 0.3 is 0 Å². The van der Waals surface area contributed by atoms with Crippen molar-refractivity contribution in [2.24, 2.45) is 0 Å². The first-order valence-electron chi connectivity index (χ1n) is 11.0. The predicted octanol–water partition coefficient (Wildman–Crippen LogP) is 3.79. The van der Waals surface area contributed by atoms with E-state index in [9.17, 15) is 14.7 Å². The van der Waals surface area contributed by atoms with Gasteiger partial charge in [-0.2, -0.15) is 0 Å². The van der Waals surface area contributed by atoms with Gasteiger partial charge in [0.2, 0.25) is 0 Å². The van der Waals surface area contributed by atoms with Gasteiger partial charge in [-0.1, -0.05) is 18.2 Å². The van der Waals surface area contributed by atoms with Crippen LogP contribution in [-0.4, -0.2) is 55.0 Å². The van der Waals surface area contributed by atoms with Crippen molar-refractivity contribution in [2.75, 3.05) is 33.2 Å². The number of carbonyl (C=O) groups is 2. The molecule has 8 nitrogen and oxygen atoms in total. The molecule has 1 unspecified atom stereocenters. The van der Waals surface area contributed by atoms with E-state index in [1.165, 1.54) is 19.1 Å². The number of hydrogen-bond acceptors (Lipinski definition) is 7. The number of hydrogen-bond donors (Lipinski definition) is 1. The van der Waals surface area contributed by atoms with E-state index < -0.39 is 17.7 Å². The number of rotatable bonds is 7. The fraction of sp³-hybridized carbons (Fsp3) is 0.222. The summed E-state index contributed by atoms with van der Waals surface area (Å²) in [6.45, 7) is 0.174. The Labute approximate surface area is 204 Å². The Morgan fingerprint density at radius 1 is 0.971 bits per heavy atom. The normalized spacial score (nSPS) is 16.9. The largest absolute Gasteiger partial charge is 0.506 e. The van der Waals surface area contributed by atoms with Crippen LogP contribution in [0.5, 0.6) is 11.5 Å². The van der Waals surface area contributed by atoms with E-state index in [4.69, 9.17) is 9.47 Å². The van der Waals surface area contributed by atoms with Crippen LogP contribution >= 0.6 is 0 Å². The second kappa shape index (κ2) is 9.89. The van der Waals surface area contributed by atoms with Crippen molar-refractivity contribution in [3.63, 3.8) is 0 Å². The molecular weight excluding hydrogens is 446 g/mol. The Morgan fingerprint density at radius 2 is 1.57 bits per heavy atom. The number of amides is 1. The van der Waals surface area contributed by atoms with Crippen LogP contribution in [0.25, 0.3) is 5.76 Å². The minimum Gasteiger partial charge on any atom is -0.506 e. The van der Waals surface area contributed by atoms with Gasteiger partial charge in [0, 0.05) is 38.7 Å². The average molecular weight is 474 g/mol. The van der Waals surface area contributed by atoms with Crippen LogP contribution in [0.2, 0.25) is 0 Å². The first kappa shape index (κ1) is 23.8. The highest BCUT2D eigenvalue weighted by molar-refractivity contribution is 6.46. The summed E-state index contributed by atoms with van der Waals surface area (Å²) < 4.78 is 10.9. The summed E-state index contributed by atoms with van der Waals surface area (Å²) >= 11 is 0. The number of ketones is 1. The Balaban J connectivity index is 1.92. The lowest BCUT2D eigenvalue weighted by Crippen LogP contribution is -2.29. The molecule has 1 aromatic heterocycles. The van der Waals surface area contributed by atoms with E-state index in [-0.39, 0.29) is 23.4 Å². The monoisotopic (exact) mass is 473 g/mol. The van der Waals surface area contributed by atoms with Gasteiger partial charge in [-0.15, -0.1) is 0 Å². The van der Waals surface area contributed by atoms with Gasteiger partial charge in [0.05, 0.1) is 25.8 Å². The Hall–Kier alpha value is -4.33. The minimum absolute atomic E-state index is 0.0236. The third-order valence-electron chi connectivity index (χ3n) is 6.03. The fourth-order valence-electron chi connectivity index (χ4n) is 4.25. The Kier molecular flexibility index (Phi) is 6.73. The number of carbonyl (C=O) groups excluding carboxylic acids is 2. The number of methoxy groups -OCH3 is 2. The van der Waals surface area contributed by atoms with Crippen molar-refractivity contribution in [1.82, 2.24) is 9.88 Å². The Morgan fingerprint density at radius 3 is 2.11 bits per heavy atom. The highest BCUT2D eigenvalue weighted by Crippen LogP contribution is 2.44. The number of ether oxygens (including phenoxy) is 2. The molecule has 0 bridgehead atoms. The molecule has 1 aliphatic heterocycles. The molecule has 0 saturated carbocycles. The fourth-order valence-corrected chi connectivity index (χ4v) is 4.25. The molecule has 2 aromatic carbocycles. The van der Waals surface area contributed by atoms with Crippen LogP contribution in [0.15, 0.2) is 72.6 Å². The number of anilines is 1. The number of likely N-dealkylation sites (tertiary alicyclic amines) is 1. The van der Waals surface area contributed by atoms with Gasteiger partial charge in [-0.25, -0.2) is 0 Å². The quantitative estimate of drug-likeness (QED) is 0.317. The molecule has 1 fully saturated rings. The number of aliphatic hydroxyl groups is 1. The maximum atomic E-state index is 13.4. The smallest absolute Gasteiger partial charge is 0.295 e. The third-order valence-corrected chi connectivity index (χ3v) is 6.03. The molecule has 0 aliphatic carbocycles. The van der Waals surface area contributed by atoms with E-state index in [0.29, 0.717) is 17.1 Å². The zero-order chi connectivity index (χ0) is 25.1. The molecular formula is C27H27N3O5. The van der Waals surface area contributed by atoms with Gasteiger partial charge in [0.25, 0.3) is 11.7 Å². The second-order valence-corrected chi connectivity index (χ2v) is 8.31. The molecule has 2 heterocycles. The molecule has 1 aliphatic rings. The maximum Gasteiger partial charge on any atom is 0.295 e. The molecule has 1 amide bonds. The van der Waals surface area contributed by atoms with Crippen LogP contribution in [-0.2, 0) is 16.1 Å². The van der Waals surface area contributed by atoms with E-state index in [1.54, 1.807) is 42.7 Å². The molecule has 1 atom stereocenters. The van der Waals surface area contributed by atoms with Crippen molar-refractivity contribution < 1.29 is 24.2 Å². The molecule has 0 radical (unpaired) electrons.